The normalized spacial score (nSPS) is 17.7. The summed E-state index contributed by atoms with van der Waals surface area (Å²) in [7, 11) is 0. The summed E-state index contributed by atoms with van der Waals surface area (Å²) in [6, 6.07) is 1.67. The summed E-state index contributed by atoms with van der Waals surface area (Å²) in [6.45, 7) is 5.33. The molecule has 0 aliphatic carbocycles. The molecule has 0 bridgehead atoms. The van der Waals surface area contributed by atoms with E-state index in [2.05, 4.69) is 0 Å². The molecule has 0 aromatic heterocycles. The van der Waals surface area contributed by atoms with Crippen LogP contribution < -0.4 is 4.74 Å². The van der Waals surface area contributed by atoms with Crippen LogP contribution in [-0.4, -0.2) is 40.7 Å². The van der Waals surface area contributed by atoms with Crippen LogP contribution in [0.25, 0.3) is 0 Å². The van der Waals surface area contributed by atoms with Gasteiger partial charge in [-0.1, -0.05) is 0 Å². The third-order valence-corrected chi connectivity index (χ3v) is 3.92. The molecule has 0 spiro atoms. The predicted octanol–water partition coefficient (Wildman–Crippen LogP) is 4.39. The largest absolute Gasteiger partial charge is 0.491 e. The van der Waals surface area contributed by atoms with Gasteiger partial charge in [-0.25, -0.2) is 4.79 Å². The highest BCUT2D eigenvalue weighted by molar-refractivity contribution is 5.69. The topological polar surface area (TPSA) is 81.9 Å². The van der Waals surface area contributed by atoms with E-state index in [9.17, 15) is 28.1 Å². The number of benzene rings is 1. The Morgan fingerprint density at radius 2 is 2.00 bits per heavy atom. The Labute approximate surface area is 154 Å². The number of nitrogens with zero attached hydrogens (tertiary/aromatic N) is 2. The number of nitro groups is 1. The van der Waals surface area contributed by atoms with Gasteiger partial charge in [-0.2, -0.15) is 13.2 Å². The standard InChI is InChI=1S/C17H21F3N2O5/c1-16(2,3)27-15(23)21-8-4-5-12(21)10-26-14-9-11(22(24)25)6-7-13(14)17(18,19)20/h6-7,9,12H,4-5,8,10H2,1-3H3/t12-/m0/s1. The quantitative estimate of drug-likeness (QED) is 0.562. The van der Waals surface area contributed by atoms with Gasteiger partial charge in [0.1, 0.15) is 18.0 Å². The van der Waals surface area contributed by atoms with Crippen molar-refractivity contribution >= 4 is 11.8 Å². The van der Waals surface area contributed by atoms with Crippen molar-refractivity contribution < 1.29 is 32.4 Å². The van der Waals surface area contributed by atoms with Crippen molar-refractivity contribution in [2.45, 2.75) is 51.4 Å². The third-order valence-electron chi connectivity index (χ3n) is 3.92. The van der Waals surface area contributed by atoms with E-state index in [-0.39, 0.29) is 6.61 Å². The van der Waals surface area contributed by atoms with Gasteiger partial charge in [-0.3, -0.25) is 10.1 Å². The Morgan fingerprint density at radius 3 is 2.56 bits per heavy atom. The molecule has 0 radical (unpaired) electrons. The maximum Gasteiger partial charge on any atom is 0.419 e. The Morgan fingerprint density at radius 1 is 1.33 bits per heavy atom. The Balaban J connectivity index is 2.16. The number of rotatable bonds is 4. The van der Waals surface area contributed by atoms with E-state index in [1.807, 2.05) is 0 Å². The van der Waals surface area contributed by atoms with Crippen molar-refractivity contribution in [3.8, 4) is 5.75 Å². The number of carbonyl (C=O) groups is 1. The van der Waals surface area contributed by atoms with E-state index >= 15 is 0 Å². The second-order valence-electron chi connectivity index (χ2n) is 7.22. The van der Waals surface area contributed by atoms with Crippen LogP contribution in [0.3, 0.4) is 0 Å². The Hall–Kier alpha value is -2.52. The molecule has 1 aliphatic heterocycles. The van der Waals surface area contributed by atoms with Crippen LogP contribution in [0.2, 0.25) is 0 Å². The van der Waals surface area contributed by atoms with Gasteiger partial charge in [0.05, 0.1) is 22.6 Å². The van der Waals surface area contributed by atoms with Gasteiger partial charge < -0.3 is 14.4 Å². The van der Waals surface area contributed by atoms with Crippen LogP contribution in [0, 0.1) is 10.1 Å². The van der Waals surface area contributed by atoms with E-state index in [0.29, 0.717) is 25.5 Å². The average molecular weight is 390 g/mol. The monoisotopic (exact) mass is 390 g/mol. The number of nitro benzene ring substituents is 1. The van der Waals surface area contributed by atoms with Crippen LogP contribution in [-0.2, 0) is 10.9 Å². The summed E-state index contributed by atoms with van der Waals surface area (Å²) in [5, 5.41) is 10.8. The summed E-state index contributed by atoms with van der Waals surface area (Å²) >= 11 is 0. The summed E-state index contributed by atoms with van der Waals surface area (Å²) < 4.78 is 50.0. The zero-order valence-electron chi connectivity index (χ0n) is 15.2. The molecule has 1 fully saturated rings. The van der Waals surface area contributed by atoms with Crippen molar-refractivity contribution in [3.63, 3.8) is 0 Å². The number of carbonyl (C=O) groups excluding carboxylic acids is 1. The average Bonchev–Trinajstić information content (AvgIpc) is 2.98. The molecule has 1 atom stereocenters. The second-order valence-corrected chi connectivity index (χ2v) is 7.22. The fraction of sp³-hybridized carbons (Fsp3) is 0.588. The SMILES string of the molecule is CC(C)(C)OC(=O)N1CCC[C@H]1COc1cc([N+](=O)[O-])ccc1C(F)(F)F. The molecule has 2 rings (SSSR count). The van der Waals surface area contributed by atoms with Crippen LogP contribution in [0.4, 0.5) is 23.7 Å². The minimum absolute atomic E-state index is 0.219. The first kappa shape index (κ1) is 20.8. The van der Waals surface area contributed by atoms with E-state index in [1.54, 1.807) is 20.8 Å². The van der Waals surface area contributed by atoms with E-state index in [1.165, 1.54) is 4.90 Å². The number of likely N-dealkylation sites (tertiary alicyclic amines) is 1. The number of hydrogen-bond donors (Lipinski definition) is 0. The summed E-state index contributed by atoms with van der Waals surface area (Å²) in [4.78, 5) is 23.7. The lowest BCUT2D eigenvalue weighted by Crippen LogP contribution is -2.42. The molecular weight excluding hydrogens is 369 g/mol. The van der Waals surface area contributed by atoms with Crippen molar-refractivity contribution in [2.75, 3.05) is 13.2 Å². The van der Waals surface area contributed by atoms with Crippen molar-refractivity contribution in [3.05, 3.63) is 33.9 Å². The van der Waals surface area contributed by atoms with Crippen LogP contribution >= 0.6 is 0 Å². The molecule has 10 heteroatoms. The fourth-order valence-corrected chi connectivity index (χ4v) is 2.73. The summed E-state index contributed by atoms with van der Waals surface area (Å²) in [6.07, 6.45) is -4.09. The lowest BCUT2D eigenvalue weighted by Gasteiger charge is -2.28. The van der Waals surface area contributed by atoms with Crippen LogP contribution in [0.5, 0.6) is 5.75 Å². The molecule has 1 saturated heterocycles. The van der Waals surface area contributed by atoms with Gasteiger partial charge in [0.25, 0.3) is 5.69 Å². The first-order valence-electron chi connectivity index (χ1n) is 8.36. The van der Waals surface area contributed by atoms with Gasteiger partial charge in [0, 0.05) is 12.6 Å². The first-order valence-corrected chi connectivity index (χ1v) is 8.36. The molecule has 7 nitrogen and oxygen atoms in total. The lowest BCUT2D eigenvalue weighted by atomic mass is 10.1. The molecular formula is C17H21F3N2O5. The summed E-state index contributed by atoms with van der Waals surface area (Å²) in [5.41, 5.74) is -2.31. The Bertz CT molecular complexity index is 716. The fourth-order valence-electron chi connectivity index (χ4n) is 2.73. The van der Waals surface area contributed by atoms with Crippen molar-refractivity contribution in [1.29, 1.82) is 0 Å². The molecule has 27 heavy (non-hydrogen) atoms. The molecule has 1 aliphatic rings. The molecule has 1 amide bonds. The zero-order chi connectivity index (χ0) is 20.4. The molecule has 150 valence electrons. The third kappa shape index (κ3) is 5.48. The zero-order valence-corrected chi connectivity index (χ0v) is 15.2. The summed E-state index contributed by atoms with van der Waals surface area (Å²) in [5.74, 6) is -0.632. The number of ether oxygens (including phenoxy) is 2. The highest BCUT2D eigenvalue weighted by Gasteiger charge is 2.37. The molecule has 0 unspecified atom stereocenters. The minimum Gasteiger partial charge on any atom is -0.491 e. The van der Waals surface area contributed by atoms with Gasteiger partial charge >= 0.3 is 12.3 Å². The van der Waals surface area contributed by atoms with Crippen LogP contribution in [0.1, 0.15) is 39.2 Å². The molecule has 0 N–H and O–H groups in total. The number of halogens is 3. The number of alkyl halides is 3. The Kier molecular flexibility index (Phi) is 5.86. The number of amides is 1. The maximum atomic E-state index is 13.1. The van der Waals surface area contributed by atoms with Crippen LogP contribution in [0.15, 0.2) is 18.2 Å². The highest BCUT2D eigenvalue weighted by atomic mass is 19.4. The second kappa shape index (κ2) is 7.61. The van der Waals surface area contributed by atoms with Gasteiger partial charge in [-0.05, 0) is 39.7 Å². The van der Waals surface area contributed by atoms with E-state index in [0.717, 1.165) is 12.1 Å². The van der Waals surface area contributed by atoms with Gasteiger partial charge in [0.15, 0.2) is 0 Å². The molecule has 0 saturated carbocycles. The minimum atomic E-state index is -4.72. The van der Waals surface area contributed by atoms with E-state index < -0.39 is 45.8 Å². The highest BCUT2D eigenvalue weighted by Crippen LogP contribution is 2.38. The maximum absolute atomic E-state index is 13.1. The molecule has 1 aromatic carbocycles. The van der Waals surface area contributed by atoms with Gasteiger partial charge in [-0.15, -0.1) is 0 Å². The molecule has 1 aromatic rings. The van der Waals surface area contributed by atoms with E-state index in [4.69, 9.17) is 9.47 Å². The van der Waals surface area contributed by atoms with Gasteiger partial charge in [0.2, 0.25) is 0 Å². The first-order chi connectivity index (χ1) is 12.4. The lowest BCUT2D eigenvalue weighted by molar-refractivity contribution is -0.385. The molecule has 1 heterocycles. The predicted molar refractivity (Wildman–Crippen MR) is 89.6 cm³/mol. The van der Waals surface area contributed by atoms with Crippen molar-refractivity contribution in [1.82, 2.24) is 4.90 Å². The van der Waals surface area contributed by atoms with Crippen molar-refractivity contribution in [2.24, 2.45) is 0 Å². The smallest absolute Gasteiger partial charge is 0.419 e. The number of hydrogen-bond acceptors (Lipinski definition) is 5. The number of non-ortho nitro benzene ring substituents is 1.